The molecule has 0 saturated carbocycles. The summed E-state index contributed by atoms with van der Waals surface area (Å²) in [6.45, 7) is 1.83. The van der Waals surface area contributed by atoms with Crippen molar-refractivity contribution in [2.24, 2.45) is 5.73 Å². The van der Waals surface area contributed by atoms with Gasteiger partial charge in [0.15, 0.2) is 0 Å². The molecule has 6 nitrogen and oxygen atoms in total. The van der Waals surface area contributed by atoms with Crippen LogP contribution in [-0.2, 0) is 0 Å². The molecule has 3 N–H and O–H groups in total. The van der Waals surface area contributed by atoms with Gasteiger partial charge in [-0.2, -0.15) is 0 Å². The van der Waals surface area contributed by atoms with Crippen LogP contribution in [0.5, 0.6) is 0 Å². The molecular weight excluding hydrogens is 226 g/mol. The van der Waals surface area contributed by atoms with E-state index < -0.39 is 0 Å². The molecule has 2 rings (SSSR count). The first kappa shape index (κ1) is 10.6. The molecule has 0 fully saturated rings. The van der Waals surface area contributed by atoms with E-state index in [4.69, 9.17) is 15.6 Å². The van der Waals surface area contributed by atoms with Gasteiger partial charge in [0, 0.05) is 12.4 Å². The highest BCUT2D eigenvalue weighted by molar-refractivity contribution is 7.99. The number of oxazole rings is 1. The summed E-state index contributed by atoms with van der Waals surface area (Å²) in [6, 6.07) is 0. The second-order valence-electron chi connectivity index (χ2n) is 2.98. The van der Waals surface area contributed by atoms with Crippen LogP contribution in [0.3, 0.4) is 0 Å². The molecule has 0 saturated heterocycles. The molecule has 7 heteroatoms. The number of aromatic nitrogens is 3. The van der Waals surface area contributed by atoms with E-state index in [0.29, 0.717) is 15.9 Å². The van der Waals surface area contributed by atoms with Crippen molar-refractivity contribution in [1.29, 1.82) is 5.41 Å². The van der Waals surface area contributed by atoms with E-state index in [-0.39, 0.29) is 5.84 Å². The van der Waals surface area contributed by atoms with E-state index in [1.807, 2.05) is 6.92 Å². The first-order chi connectivity index (χ1) is 7.66. The maximum absolute atomic E-state index is 7.36. The predicted octanol–water partition coefficient (Wildman–Crippen LogP) is 1.21. The van der Waals surface area contributed by atoms with Gasteiger partial charge in [0.2, 0.25) is 0 Å². The summed E-state index contributed by atoms with van der Waals surface area (Å²) in [5.74, 6) is -0.126. The number of aryl methyl sites for hydroxylation is 1. The number of nitrogens with two attached hydrogens (primary N) is 1. The lowest BCUT2D eigenvalue weighted by molar-refractivity contribution is 0.453. The average Bonchev–Trinajstić information content (AvgIpc) is 2.64. The van der Waals surface area contributed by atoms with Crippen LogP contribution in [0, 0.1) is 12.3 Å². The van der Waals surface area contributed by atoms with Gasteiger partial charge in [-0.3, -0.25) is 5.41 Å². The highest BCUT2D eigenvalue weighted by atomic mass is 32.2. The molecule has 0 aromatic carbocycles. The standard InChI is InChI=1S/C9H9N5OS/c1-5-4-15-9(14-5)16-8-6(7(10)11)12-2-3-13-8/h2-4H,1H3,(H3,10,11). The van der Waals surface area contributed by atoms with Gasteiger partial charge in [-0.1, -0.05) is 0 Å². The van der Waals surface area contributed by atoms with Crippen molar-refractivity contribution in [3.05, 3.63) is 30.0 Å². The van der Waals surface area contributed by atoms with Crippen molar-refractivity contribution in [2.75, 3.05) is 0 Å². The second-order valence-corrected chi connectivity index (χ2v) is 3.92. The highest BCUT2D eigenvalue weighted by Gasteiger charge is 2.12. The molecule has 0 aliphatic carbocycles. The van der Waals surface area contributed by atoms with Crippen molar-refractivity contribution < 1.29 is 4.42 Å². The van der Waals surface area contributed by atoms with Crippen molar-refractivity contribution in [3.63, 3.8) is 0 Å². The Bertz CT molecular complexity index is 524. The lowest BCUT2D eigenvalue weighted by Crippen LogP contribution is -2.14. The topological polar surface area (TPSA) is 102 Å². The number of amidine groups is 1. The lowest BCUT2D eigenvalue weighted by atomic mass is 10.4. The molecule has 0 aliphatic heterocycles. The number of hydrogen-bond acceptors (Lipinski definition) is 6. The van der Waals surface area contributed by atoms with Gasteiger partial charge in [-0.25, -0.2) is 15.0 Å². The van der Waals surface area contributed by atoms with E-state index in [0.717, 1.165) is 5.69 Å². The average molecular weight is 235 g/mol. The zero-order valence-electron chi connectivity index (χ0n) is 8.47. The van der Waals surface area contributed by atoms with E-state index >= 15 is 0 Å². The van der Waals surface area contributed by atoms with E-state index in [1.54, 1.807) is 6.26 Å². The van der Waals surface area contributed by atoms with Crippen LogP contribution in [0.2, 0.25) is 0 Å². The summed E-state index contributed by atoms with van der Waals surface area (Å²) >= 11 is 1.19. The van der Waals surface area contributed by atoms with Crippen LogP contribution in [0.4, 0.5) is 0 Å². The molecule has 0 unspecified atom stereocenters. The molecule has 0 amide bonds. The molecule has 0 bridgehead atoms. The van der Waals surface area contributed by atoms with Gasteiger partial charge < -0.3 is 10.2 Å². The molecule has 0 radical (unpaired) electrons. The zero-order chi connectivity index (χ0) is 11.5. The minimum absolute atomic E-state index is 0.126. The fourth-order valence-electron chi connectivity index (χ4n) is 1.05. The number of nitrogens with zero attached hydrogens (tertiary/aromatic N) is 3. The third-order valence-electron chi connectivity index (χ3n) is 1.70. The van der Waals surface area contributed by atoms with Crippen LogP contribution in [0.1, 0.15) is 11.4 Å². The normalized spacial score (nSPS) is 10.3. The summed E-state index contributed by atoms with van der Waals surface area (Å²) in [4.78, 5) is 12.2. The van der Waals surface area contributed by atoms with Gasteiger partial charge in [-0.15, -0.1) is 0 Å². The van der Waals surface area contributed by atoms with Crippen molar-refractivity contribution >= 4 is 17.6 Å². The Labute approximate surface area is 95.8 Å². The van der Waals surface area contributed by atoms with E-state index in [2.05, 4.69) is 15.0 Å². The number of hydrogen-bond donors (Lipinski definition) is 2. The van der Waals surface area contributed by atoms with Gasteiger partial charge in [0.05, 0.1) is 5.69 Å². The Balaban J connectivity index is 2.31. The minimum atomic E-state index is -0.126. The molecule has 0 atom stereocenters. The summed E-state index contributed by atoms with van der Waals surface area (Å²) in [5, 5.41) is 8.33. The van der Waals surface area contributed by atoms with Crippen molar-refractivity contribution in [1.82, 2.24) is 15.0 Å². The number of nitrogens with one attached hydrogen (secondary N) is 1. The summed E-state index contributed by atoms with van der Waals surface area (Å²) < 4.78 is 5.18. The molecule has 2 aromatic heterocycles. The first-order valence-corrected chi connectivity index (χ1v) is 5.24. The molecule has 82 valence electrons. The number of rotatable bonds is 3. The molecule has 0 aliphatic rings. The Morgan fingerprint density at radius 2 is 2.19 bits per heavy atom. The van der Waals surface area contributed by atoms with Gasteiger partial charge >= 0.3 is 0 Å². The Morgan fingerprint density at radius 1 is 1.44 bits per heavy atom. The van der Waals surface area contributed by atoms with E-state index in [1.165, 1.54) is 24.2 Å². The third-order valence-corrected chi connectivity index (χ3v) is 2.56. The largest absolute Gasteiger partial charge is 0.439 e. The maximum Gasteiger partial charge on any atom is 0.262 e. The van der Waals surface area contributed by atoms with Crippen LogP contribution in [0.25, 0.3) is 0 Å². The van der Waals surface area contributed by atoms with Gasteiger partial charge in [0.25, 0.3) is 5.22 Å². The molecule has 16 heavy (non-hydrogen) atoms. The van der Waals surface area contributed by atoms with Crippen LogP contribution in [-0.4, -0.2) is 20.8 Å². The Hall–Kier alpha value is -1.89. The number of nitrogen functional groups attached to an aromatic ring is 1. The van der Waals surface area contributed by atoms with Crippen LogP contribution in [0.15, 0.2) is 33.3 Å². The maximum atomic E-state index is 7.36. The van der Waals surface area contributed by atoms with Gasteiger partial charge in [0.1, 0.15) is 22.8 Å². The van der Waals surface area contributed by atoms with Crippen molar-refractivity contribution in [2.45, 2.75) is 17.2 Å². The molecular formula is C9H9N5OS. The highest BCUT2D eigenvalue weighted by Crippen LogP contribution is 2.26. The first-order valence-electron chi connectivity index (χ1n) is 4.42. The van der Waals surface area contributed by atoms with Gasteiger partial charge in [-0.05, 0) is 18.7 Å². The molecule has 2 aromatic rings. The molecule has 0 spiro atoms. The molecule has 2 heterocycles. The lowest BCUT2D eigenvalue weighted by Gasteiger charge is -2.01. The van der Waals surface area contributed by atoms with Crippen molar-refractivity contribution in [3.8, 4) is 0 Å². The summed E-state index contributed by atoms with van der Waals surface area (Å²) in [7, 11) is 0. The quantitative estimate of drug-likeness (QED) is 0.612. The fourth-order valence-corrected chi connectivity index (χ4v) is 1.87. The SMILES string of the molecule is Cc1coc(Sc2nccnc2C(=N)N)n1. The predicted molar refractivity (Wildman–Crippen MR) is 58.4 cm³/mol. The minimum Gasteiger partial charge on any atom is -0.439 e. The summed E-state index contributed by atoms with van der Waals surface area (Å²) in [6.07, 6.45) is 4.57. The van der Waals surface area contributed by atoms with Crippen LogP contribution >= 0.6 is 11.8 Å². The zero-order valence-corrected chi connectivity index (χ0v) is 9.28. The Kier molecular flexibility index (Phi) is 2.86. The smallest absolute Gasteiger partial charge is 0.262 e. The monoisotopic (exact) mass is 235 g/mol. The second kappa shape index (κ2) is 4.31. The Morgan fingerprint density at radius 3 is 2.81 bits per heavy atom. The third kappa shape index (κ3) is 2.19. The fraction of sp³-hybridized carbons (Fsp3) is 0.111. The van der Waals surface area contributed by atoms with E-state index in [9.17, 15) is 0 Å². The summed E-state index contributed by atoms with van der Waals surface area (Å²) in [5.41, 5.74) is 6.51. The van der Waals surface area contributed by atoms with Crippen LogP contribution < -0.4 is 5.73 Å².